The van der Waals surface area contributed by atoms with Crippen LogP contribution in [0.4, 0.5) is 0 Å². The van der Waals surface area contributed by atoms with Crippen molar-refractivity contribution < 1.29 is 13.9 Å². The molecule has 0 atom stereocenters. The van der Waals surface area contributed by atoms with Crippen LogP contribution in [-0.2, 0) is 0 Å². The third-order valence-electron chi connectivity index (χ3n) is 4.99. The molecule has 0 bridgehead atoms. The molecule has 0 N–H and O–H groups in total. The highest BCUT2D eigenvalue weighted by Crippen LogP contribution is 2.38. The fourth-order valence-electron chi connectivity index (χ4n) is 3.69. The summed E-state index contributed by atoms with van der Waals surface area (Å²) in [6.07, 6.45) is 6.06. The Hall–Kier alpha value is -2.55. The first-order chi connectivity index (χ1) is 11.8. The van der Waals surface area contributed by atoms with Crippen molar-refractivity contribution >= 4 is 17.3 Å². The van der Waals surface area contributed by atoms with Gasteiger partial charge in [-0.3, -0.25) is 4.79 Å². The van der Waals surface area contributed by atoms with Gasteiger partial charge in [-0.05, 0) is 54.7 Å². The molecule has 0 radical (unpaired) electrons. The zero-order valence-corrected chi connectivity index (χ0v) is 13.7. The van der Waals surface area contributed by atoms with E-state index in [2.05, 4.69) is 24.3 Å². The minimum Gasteiger partial charge on any atom is -0.496 e. The van der Waals surface area contributed by atoms with Gasteiger partial charge in [-0.15, -0.1) is 0 Å². The van der Waals surface area contributed by atoms with Gasteiger partial charge in [0, 0.05) is 10.9 Å². The largest absolute Gasteiger partial charge is 0.496 e. The quantitative estimate of drug-likeness (QED) is 0.589. The standard InChI is InChI=1S/C21H20O3/c1-23-20-10-14(13-22)6-8-18(20)21-12-17-11-16(7-9-19(17)24-21)15-4-2-3-5-15/h6-13,15H,2-5H2,1H3. The Kier molecular flexibility index (Phi) is 3.85. The number of hydrogen-bond donors (Lipinski definition) is 0. The van der Waals surface area contributed by atoms with Gasteiger partial charge in [-0.25, -0.2) is 0 Å². The van der Waals surface area contributed by atoms with E-state index in [1.165, 1.54) is 31.2 Å². The number of furan rings is 1. The Morgan fingerprint density at radius 1 is 1.08 bits per heavy atom. The zero-order valence-electron chi connectivity index (χ0n) is 13.7. The number of hydrogen-bond acceptors (Lipinski definition) is 3. The molecule has 1 aromatic heterocycles. The smallest absolute Gasteiger partial charge is 0.150 e. The molecule has 0 unspecified atom stereocenters. The fraction of sp³-hybridized carbons (Fsp3) is 0.286. The van der Waals surface area contributed by atoms with Crippen LogP contribution in [0.15, 0.2) is 46.9 Å². The number of carbonyl (C=O) groups excluding carboxylic acids is 1. The summed E-state index contributed by atoms with van der Waals surface area (Å²) < 4.78 is 11.4. The Morgan fingerprint density at radius 2 is 1.92 bits per heavy atom. The number of aldehydes is 1. The Balaban J connectivity index is 1.76. The summed E-state index contributed by atoms with van der Waals surface area (Å²) in [6, 6.07) is 14.0. The SMILES string of the molecule is COc1cc(C=O)ccc1-c1cc2cc(C3CCCC3)ccc2o1. The molecule has 3 nitrogen and oxygen atoms in total. The number of methoxy groups -OCH3 is 1. The second kappa shape index (κ2) is 6.16. The number of rotatable bonds is 4. The second-order valence-electron chi connectivity index (χ2n) is 6.47. The summed E-state index contributed by atoms with van der Waals surface area (Å²) in [6.45, 7) is 0. The molecule has 122 valence electrons. The van der Waals surface area contributed by atoms with Gasteiger partial charge in [-0.1, -0.05) is 25.0 Å². The van der Waals surface area contributed by atoms with Crippen LogP contribution in [-0.4, -0.2) is 13.4 Å². The lowest BCUT2D eigenvalue weighted by atomic mass is 9.96. The van der Waals surface area contributed by atoms with Gasteiger partial charge in [0.1, 0.15) is 23.4 Å². The molecule has 3 heteroatoms. The van der Waals surface area contributed by atoms with E-state index in [1.54, 1.807) is 19.2 Å². The predicted molar refractivity (Wildman–Crippen MR) is 94.8 cm³/mol. The summed E-state index contributed by atoms with van der Waals surface area (Å²) in [5, 5.41) is 1.12. The first kappa shape index (κ1) is 15.0. The number of benzene rings is 2. The van der Waals surface area contributed by atoms with E-state index in [-0.39, 0.29) is 0 Å². The number of ether oxygens (including phenoxy) is 1. The predicted octanol–water partition coefficient (Wildman–Crippen LogP) is 5.58. The van der Waals surface area contributed by atoms with Crippen molar-refractivity contribution in [3.8, 4) is 17.1 Å². The van der Waals surface area contributed by atoms with Crippen molar-refractivity contribution in [2.24, 2.45) is 0 Å². The molecular weight excluding hydrogens is 300 g/mol. The van der Waals surface area contributed by atoms with Gasteiger partial charge < -0.3 is 9.15 Å². The normalized spacial score (nSPS) is 15.0. The summed E-state index contributed by atoms with van der Waals surface area (Å²) in [5.41, 5.74) is 3.75. The molecule has 1 fully saturated rings. The van der Waals surface area contributed by atoms with E-state index in [0.29, 0.717) is 17.2 Å². The lowest BCUT2D eigenvalue weighted by Gasteiger charge is -2.08. The average Bonchev–Trinajstić information content (AvgIpc) is 3.29. The van der Waals surface area contributed by atoms with Crippen molar-refractivity contribution in [2.75, 3.05) is 7.11 Å². The van der Waals surface area contributed by atoms with Crippen LogP contribution in [0.1, 0.15) is 47.5 Å². The second-order valence-corrected chi connectivity index (χ2v) is 6.47. The maximum Gasteiger partial charge on any atom is 0.150 e. The van der Waals surface area contributed by atoms with Crippen LogP contribution in [0.3, 0.4) is 0 Å². The van der Waals surface area contributed by atoms with Crippen molar-refractivity contribution in [1.29, 1.82) is 0 Å². The highest BCUT2D eigenvalue weighted by atomic mass is 16.5. The van der Waals surface area contributed by atoms with E-state index in [4.69, 9.17) is 9.15 Å². The van der Waals surface area contributed by atoms with Crippen molar-refractivity contribution in [1.82, 2.24) is 0 Å². The third kappa shape index (κ3) is 2.60. The van der Waals surface area contributed by atoms with Crippen molar-refractivity contribution in [3.05, 3.63) is 53.6 Å². The first-order valence-corrected chi connectivity index (χ1v) is 8.45. The van der Waals surface area contributed by atoms with Crippen LogP contribution in [0.25, 0.3) is 22.3 Å². The average molecular weight is 320 g/mol. The van der Waals surface area contributed by atoms with Gasteiger partial charge >= 0.3 is 0 Å². The monoisotopic (exact) mass is 320 g/mol. The van der Waals surface area contributed by atoms with Crippen LogP contribution in [0.5, 0.6) is 5.75 Å². The molecule has 1 aliphatic carbocycles. The van der Waals surface area contributed by atoms with E-state index >= 15 is 0 Å². The minimum absolute atomic E-state index is 0.593. The molecule has 0 saturated heterocycles. The number of carbonyl (C=O) groups is 1. The van der Waals surface area contributed by atoms with Crippen LogP contribution in [0, 0.1) is 0 Å². The molecular formula is C21H20O3. The highest BCUT2D eigenvalue weighted by molar-refractivity contribution is 5.86. The third-order valence-corrected chi connectivity index (χ3v) is 4.99. The maximum absolute atomic E-state index is 10.9. The Morgan fingerprint density at radius 3 is 2.67 bits per heavy atom. The van der Waals surface area contributed by atoms with Gasteiger partial charge in [-0.2, -0.15) is 0 Å². The van der Waals surface area contributed by atoms with Crippen molar-refractivity contribution in [2.45, 2.75) is 31.6 Å². The van der Waals surface area contributed by atoms with E-state index in [1.807, 2.05) is 6.07 Å². The van der Waals surface area contributed by atoms with Crippen molar-refractivity contribution in [3.63, 3.8) is 0 Å². The highest BCUT2D eigenvalue weighted by Gasteiger charge is 2.18. The zero-order chi connectivity index (χ0) is 16.5. The molecule has 1 saturated carbocycles. The van der Waals surface area contributed by atoms with E-state index in [0.717, 1.165) is 28.6 Å². The summed E-state index contributed by atoms with van der Waals surface area (Å²) in [4.78, 5) is 10.9. The van der Waals surface area contributed by atoms with Crippen LogP contribution >= 0.6 is 0 Å². The molecule has 1 aliphatic rings. The molecule has 0 amide bonds. The number of fused-ring (bicyclic) bond motifs is 1. The Bertz CT molecular complexity index is 885. The van der Waals surface area contributed by atoms with Gasteiger partial charge in [0.2, 0.25) is 0 Å². The van der Waals surface area contributed by atoms with Gasteiger partial charge in [0.05, 0.1) is 12.7 Å². The summed E-state index contributed by atoms with van der Waals surface area (Å²) in [5.74, 6) is 2.10. The van der Waals surface area contributed by atoms with E-state index < -0.39 is 0 Å². The van der Waals surface area contributed by atoms with Gasteiger partial charge in [0.15, 0.2) is 0 Å². The minimum atomic E-state index is 0.593. The van der Waals surface area contributed by atoms with E-state index in [9.17, 15) is 4.79 Å². The molecule has 0 spiro atoms. The molecule has 1 heterocycles. The fourth-order valence-corrected chi connectivity index (χ4v) is 3.69. The van der Waals surface area contributed by atoms with Gasteiger partial charge in [0.25, 0.3) is 0 Å². The van der Waals surface area contributed by atoms with Crippen LogP contribution in [0.2, 0.25) is 0 Å². The van der Waals surface area contributed by atoms with Crippen LogP contribution < -0.4 is 4.74 Å². The lowest BCUT2D eigenvalue weighted by molar-refractivity contribution is 0.112. The topological polar surface area (TPSA) is 39.4 Å². The molecule has 4 rings (SSSR count). The molecule has 2 aromatic carbocycles. The molecule has 0 aliphatic heterocycles. The molecule has 24 heavy (non-hydrogen) atoms. The maximum atomic E-state index is 10.9. The summed E-state index contributed by atoms with van der Waals surface area (Å²) >= 11 is 0. The summed E-state index contributed by atoms with van der Waals surface area (Å²) in [7, 11) is 1.61. The lowest BCUT2D eigenvalue weighted by Crippen LogP contribution is -1.90. The first-order valence-electron chi connectivity index (χ1n) is 8.45. The molecule has 3 aromatic rings. The Labute approximate surface area is 141 Å².